The molecule has 0 bridgehead atoms. The molecule has 0 saturated heterocycles. The van der Waals surface area contributed by atoms with Crippen LogP contribution in [0.5, 0.6) is 5.75 Å². The normalized spacial score (nSPS) is 22.6. The summed E-state index contributed by atoms with van der Waals surface area (Å²) in [6, 6.07) is 7.33. The standard InChI is InChI=1S/C17H23NO4/c1-11(12-6-5-7-13(10-12)22-2)18-16(19)14-8-3-4-9-15(14)17(20)21/h5-7,10-11,14-15H,3-4,8-9H2,1-2H3,(H,18,19)(H,20,21)/t11-,14-,15+/m0/s1. The summed E-state index contributed by atoms with van der Waals surface area (Å²) in [5.41, 5.74) is 0.940. The molecule has 0 heterocycles. The van der Waals surface area contributed by atoms with Crippen LogP contribution in [0.15, 0.2) is 24.3 Å². The number of hydrogen-bond donors (Lipinski definition) is 2. The van der Waals surface area contributed by atoms with E-state index in [1.807, 2.05) is 31.2 Å². The minimum absolute atomic E-state index is 0.164. The zero-order valence-corrected chi connectivity index (χ0v) is 13.0. The highest BCUT2D eigenvalue weighted by Crippen LogP contribution is 2.31. The van der Waals surface area contributed by atoms with Crippen LogP contribution < -0.4 is 10.1 Å². The van der Waals surface area contributed by atoms with Gasteiger partial charge in [0.15, 0.2) is 0 Å². The summed E-state index contributed by atoms with van der Waals surface area (Å²) in [4.78, 5) is 23.8. The number of aliphatic carboxylic acids is 1. The molecule has 1 aromatic carbocycles. The Balaban J connectivity index is 2.04. The summed E-state index contributed by atoms with van der Waals surface area (Å²) < 4.78 is 5.18. The van der Waals surface area contributed by atoms with Gasteiger partial charge in [-0.05, 0) is 37.5 Å². The molecular formula is C17H23NO4. The fourth-order valence-electron chi connectivity index (χ4n) is 3.05. The van der Waals surface area contributed by atoms with E-state index in [4.69, 9.17) is 4.74 Å². The van der Waals surface area contributed by atoms with E-state index < -0.39 is 17.8 Å². The average molecular weight is 305 g/mol. The third-order valence-corrected chi connectivity index (χ3v) is 4.37. The van der Waals surface area contributed by atoms with Gasteiger partial charge in [0.25, 0.3) is 0 Å². The lowest BCUT2D eigenvalue weighted by atomic mass is 9.78. The quantitative estimate of drug-likeness (QED) is 0.877. The Morgan fingerprint density at radius 1 is 1.27 bits per heavy atom. The molecule has 0 aliphatic heterocycles. The predicted octanol–water partition coefficient (Wildman–Crippen LogP) is 2.76. The summed E-state index contributed by atoms with van der Waals surface area (Å²) in [6.07, 6.45) is 3.02. The van der Waals surface area contributed by atoms with E-state index in [0.717, 1.165) is 24.2 Å². The zero-order valence-electron chi connectivity index (χ0n) is 13.0. The van der Waals surface area contributed by atoms with Gasteiger partial charge in [-0.2, -0.15) is 0 Å². The molecule has 120 valence electrons. The van der Waals surface area contributed by atoms with Gasteiger partial charge in [0.1, 0.15) is 5.75 Å². The van der Waals surface area contributed by atoms with Gasteiger partial charge in [-0.3, -0.25) is 9.59 Å². The first-order valence-corrected chi connectivity index (χ1v) is 7.70. The molecule has 1 aliphatic rings. The van der Waals surface area contributed by atoms with Crippen LogP contribution in [0.3, 0.4) is 0 Å². The molecule has 0 unspecified atom stereocenters. The maximum atomic E-state index is 12.4. The zero-order chi connectivity index (χ0) is 16.1. The third-order valence-electron chi connectivity index (χ3n) is 4.37. The molecule has 1 aromatic rings. The van der Waals surface area contributed by atoms with Gasteiger partial charge in [-0.25, -0.2) is 0 Å². The SMILES string of the molecule is COc1cccc([C@H](C)NC(=O)[C@H]2CCCC[C@H]2C(=O)O)c1. The molecule has 0 radical (unpaired) electrons. The van der Waals surface area contributed by atoms with Crippen molar-refractivity contribution >= 4 is 11.9 Å². The Labute approximate surface area is 130 Å². The van der Waals surface area contributed by atoms with E-state index in [-0.39, 0.29) is 11.9 Å². The van der Waals surface area contributed by atoms with Crippen LogP contribution in [-0.4, -0.2) is 24.1 Å². The van der Waals surface area contributed by atoms with Crippen molar-refractivity contribution in [3.05, 3.63) is 29.8 Å². The predicted molar refractivity (Wildman–Crippen MR) is 82.6 cm³/mol. The summed E-state index contributed by atoms with van der Waals surface area (Å²) in [7, 11) is 1.60. The second kappa shape index (κ2) is 7.29. The van der Waals surface area contributed by atoms with Gasteiger partial charge >= 0.3 is 5.97 Å². The average Bonchev–Trinajstić information content (AvgIpc) is 2.54. The molecule has 3 atom stereocenters. The highest BCUT2D eigenvalue weighted by atomic mass is 16.5. The summed E-state index contributed by atoms with van der Waals surface area (Å²) >= 11 is 0. The smallest absolute Gasteiger partial charge is 0.307 e. The van der Waals surface area contributed by atoms with Gasteiger partial charge in [0.2, 0.25) is 5.91 Å². The molecule has 1 amide bonds. The molecule has 5 nitrogen and oxygen atoms in total. The van der Waals surface area contributed by atoms with Crippen LogP contribution in [-0.2, 0) is 9.59 Å². The van der Waals surface area contributed by atoms with Gasteiger partial charge in [0.05, 0.1) is 25.0 Å². The van der Waals surface area contributed by atoms with E-state index in [1.54, 1.807) is 7.11 Å². The monoisotopic (exact) mass is 305 g/mol. The Hall–Kier alpha value is -2.04. The molecule has 2 rings (SSSR count). The minimum Gasteiger partial charge on any atom is -0.497 e. The summed E-state index contributed by atoms with van der Waals surface area (Å²) in [5.74, 6) is -1.29. The lowest BCUT2D eigenvalue weighted by Crippen LogP contribution is -2.40. The first kappa shape index (κ1) is 16.3. The number of nitrogens with one attached hydrogen (secondary N) is 1. The van der Waals surface area contributed by atoms with Gasteiger partial charge < -0.3 is 15.2 Å². The number of carbonyl (C=O) groups is 2. The Morgan fingerprint density at radius 2 is 1.95 bits per heavy atom. The lowest BCUT2D eigenvalue weighted by Gasteiger charge is -2.28. The molecule has 2 N–H and O–H groups in total. The fraction of sp³-hybridized carbons (Fsp3) is 0.529. The number of carbonyl (C=O) groups excluding carboxylic acids is 1. The summed E-state index contributed by atoms with van der Waals surface area (Å²) in [6.45, 7) is 1.89. The maximum Gasteiger partial charge on any atom is 0.307 e. The van der Waals surface area contributed by atoms with Crippen molar-refractivity contribution in [2.24, 2.45) is 11.8 Å². The van der Waals surface area contributed by atoms with E-state index in [9.17, 15) is 14.7 Å². The Morgan fingerprint density at radius 3 is 2.59 bits per heavy atom. The number of methoxy groups -OCH3 is 1. The van der Waals surface area contributed by atoms with Crippen LogP contribution in [0.1, 0.15) is 44.2 Å². The second-order valence-corrected chi connectivity index (χ2v) is 5.84. The number of benzene rings is 1. The second-order valence-electron chi connectivity index (χ2n) is 5.84. The number of carboxylic acids is 1. The molecule has 1 fully saturated rings. The van der Waals surface area contributed by atoms with Crippen LogP contribution in [0.25, 0.3) is 0 Å². The highest BCUT2D eigenvalue weighted by Gasteiger charge is 2.36. The van der Waals surface area contributed by atoms with Crippen molar-refractivity contribution < 1.29 is 19.4 Å². The number of hydrogen-bond acceptors (Lipinski definition) is 3. The molecule has 5 heteroatoms. The minimum atomic E-state index is -0.867. The molecule has 0 spiro atoms. The van der Waals surface area contributed by atoms with Crippen molar-refractivity contribution in [1.29, 1.82) is 0 Å². The van der Waals surface area contributed by atoms with Crippen molar-refractivity contribution in [1.82, 2.24) is 5.32 Å². The van der Waals surface area contributed by atoms with Crippen LogP contribution in [0, 0.1) is 11.8 Å². The highest BCUT2D eigenvalue weighted by molar-refractivity contribution is 5.85. The molecule has 1 saturated carbocycles. The number of ether oxygens (including phenoxy) is 1. The number of carboxylic acid groups (broad SMARTS) is 1. The van der Waals surface area contributed by atoms with Crippen LogP contribution in [0.4, 0.5) is 0 Å². The molecule has 22 heavy (non-hydrogen) atoms. The van der Waals surface area contributed by atoms with E-state index in [2.05, 4.69) is 5.32 Å². The first-order valence-electron chi connectivity index (χ1n) is 7.70. The van der Waals surface area contributed by atoms with Gasteiger partial charge in [0, 0.05) is 0 Å². The van der Waals surface area contributed by atoms with E-state index in [1.165, 1.54) is 0 Å². The Kier molecular flexibility index (Phi) is 5.41. The van der Waals surface area contributed by atoms with Crippen molar-refractivity contribution in [2.75, 3.05) is 7.11 Å². The van der Waals surface area contributed by atoms with Gasteiger partial charge in [-0.1, -0.05) is 25.0 Å². The number of amides is 1. The van der Waals surface area contributed by atoms with Crippen molar-refractivity contribution in [2.45, 2.75) is 38.6 Å². The van der Waals surface area contributed by atoms with Gasteiger partial charge in [-0.15, -0.1) is 0 Å². The van der Waals surface area contributed by atoms with Crippen LogP contribution >= 0.6 is 0 Å². The third kappa shape index (κ3) is 3.78. The molecule has 1 aliphatic carbocycles. The fourth-order valence-corrected chi connectivity index (χ4v) is 3.05. The summed E-state index contributed by atoms with van der Waals surface area (Å²) in [5, 5.41) is 12.2. The van der Waals surface area contributed by atoms with E-state index >= 15 is 0 Å². The van der Waals surface area contributed by atoms with Crippen molar-refractivity contribution in [3.63, 3.8) is 0 Å². The molecule has 0 aromatic heterocycles. The maximum absolute atomic E-state index is 12.4. The topological polar surface area (TPSA) is 75.6 Å². The van der Waals surface area contributed by atoms with Crippen LogP contribution in [0.2, 0.25) is 0 Å². The largest absolute Gasteiger partial charge is 0.497 e. The number of rotatable bonds is 5. The molecular weight excluding hydrogens is 282 g/mol. The van der Waals surface area contributed by atoms with E-state index in [0.29, 0.717) is 12.8 Å². The first-order chi connectivity index (χ1) is 10.5. The van der Waals surface area contributed by atoms with Crippen molar-refractivity contribution in [3.8, 4) is 5.75 Å². The Bertz CT molecular complexity index is 543. The lowest BCUT2D eigenvalue weighted by molar-refractivity contribution is -0.149.